The smallest absolute Gasteiger partial charge is 0.410 e. The Morgan fingerprint density at radius 2 is 1.86 bits per heavy atom. The lowest BCUT2D eigenvalue weighted by molar-refractivity contribution is -0.0430. The first-order valence-corrected chi connectivity index (χ1v) is 11.7. The number of likely N-dealkylation sites (tertiary alicyclic amines) is 1. The molecule has 29 heavy (non-hydrogen) atoms. The zero-order chi connectivity index (χ0) is 21.3. The van der Waals surface area contributed by atoms with Crippen molar-refractivity contribution in [2.75, 3.05) is 26.3 Å². The lowest BCUT2D eigenvalue weighted by Gasteiger charge is -2.39. The molecule has 0 saturated carbocycles. The second-order valence-corrected chi connectivity index (χ2v) is 8.84. The van der Waals surface area contributed by atoms with Crippen LogP contribution >= 0.6 is 7.75 Å². The van der Waals surface area contributed by atoms with Crippen molar-refractivity contribution in [2.24, 2.45) is 0 Å². The average Bonchev–Trinajstić information content (AvgIpc) is 2.68. The van der Waals surface area contributed by atoms with Gasteiger partial charge in [-0.15, -0.1) is 0 Å². The van der Waals surface area contributed by atoms with Crippen LogP contribution in [0.25, 0.3) is 0 Å². The van der Waals surface area contributed by atoms with Gasteiger partial charge in [0.1, 0.15) is 6.61 Å². The van der Waals surface area contributed by atoms with Crippen LogP contribution in [0, 0.1) is 0 Å². The average molecular weight is 428 g/mol. The molecule has 1 N–H and O–H groups in total. The van der Waals surface area contributed by atoms with Gasteiger partial charge in [0.15, 0.2) is 0 Å². The summed E-state index contributed by atoms with van der Waals surface area (Å²) >= 11 is 0. The largest absolute Gasteiger partial charge is 0.445 e. The predicted octanol–water partition coefficient (Wildman–Crippen LogP) is 3.96. The van der Waals surface area contributed by atoms with Crippen LogP contribution in [0.15, 0.2) is 30.3 Å². The van der Waals surface area contributed by atoms with E-state index in [1.54, 1.807) is 18.7 Å². The molecule has 0 radical (unpaired) electrons. The van der Waals surface area contributed by atoms with E-state index in [1.807, 2.05) is 44.2 Å². The Morgan fingerprint density at radius 3 is 2.45 bits per heavy atom. The van der Waals surface area contributed by atoms with Gasteiger partial charge in [0, 0.05) is 13.1 Å². The molecule has 2 atom stereocenters. The monoisotopic (exact) mass is 428 g/mol. The molecular formula is C20H33N2O6P. The first kappa shape index (κ1) is 23.8. The Hall–Kier alpha value is -1.44. The number of carbonyl (C=O) groups is 1. The van der Waals surface area contributed by atoms with Crippen LogP contribution in [0.4, 0.5) is 4.79 Å². The van der Waals surface area contributed by atoms with E-state index in [4.69, 9.17) is 18.5 Å². The van der Waals surface area contributed by atoms with Crippen molar-refractivity contribution in [2.45, 2.75) is 59.0 Å². The number of hydrogen-bond acceptors (Lipinski definition) is 6. The van der Waals surface area contributed by atoms with Gasteiger partial charge >= 0.3 is 13.8 Å². The van der Waals surface area contributed by atoms with Gasteiger partial charge in [-0.25, -0.2) is 14.4 Å². The molecule has 0 aliphatic carbocycles. The maximum atomic E-state index is 13.0. The summed E-state index contributed by atoms with van der Waals surface area (Å²) in [6.07, 6.45) is -0.0395. The maximum absolute atomic E-state index is 13.0. The van der Waals surface area contributed by atoms with Crippen molar-refractivity contribution in [3.05, 3.63) is 35.9 Å². The summed E-state index contributed by atoms with van der Waals surface area (Å²) in [5.41, 5.74) is 0.922. The van der Waals surface area contributed by atoms with Crippen LogP contribution in [0.5, 0.6) is 0 Å². The highest BCUT2D eigenvalue weighted by molar-refractivity contribution is 7.51. The summed E-state index contributed by atoms with van der Waals surface area (Å²) in [5.74, 6) is 0. The SMILES string of the molecule is CCOP(=O)(N[C@@H]1CN(C(=O)OCc2ccccc2)CC[C@H]1OC(C)C)OCC. The van der Waals surface area contributed by atoms with Crippen molar-refractivity contribution < 1.29 is 27.9 Å². The second kappa shape index (κ2) is 11.7. The van der Waals surface area contributed by atoms with Crippen LogP contribution in [0.3, 0.4) is 0 Å². The zero-order valence-electron chi connectivity index (χ0n) is 17.7. The van der Waals surface area contributed by atoms with Gasteiger partial charge in [0.25, 0.3) is 0 Å². The van der Waals surface area contributed by atoms with Crippen LogP contribution < -0.4 is 5.09 Å². The van der Waals surface area contributed by atoms with E-state index in [-0.39, 0.29) is 38.6 Å². The molecule has 0 bridgehead atoms. The Kier molecular flexibility index (Phi) is 9.59. The predicted molar refractivity (Wildman–Crippen MR) is 111 cm³/mol. The van der Waals surface area contributed by atoms with Crippen LogP contribution in [-0.2, 0) is 29.7 Å². The van der Waals surface area contributed by atoms with Crippen LogP contribution in [0.2, 0.25) is 0 Å². The summed E-state index contributed by atoms with van der Waals surface area (Å²) in [6.45, 7) is 8.88. The van der Waals surface area contributed by atoms with Gasteiger partial charge in [-0.05, 0) is 39.7 Å². The van der Waals surface area contributed by atoms with Crippen LogP contribution in [-0.4, -0.2) is 55.5 Å². The fourth-order valence-electron chi connectivity index (χ4n) is 3.20. The Balaban J connectivity index is 2.04. The molecule has 9 heteroatoms. The molecule has 1 aliphatic rings. The first-order valence-electron chi connectivity index (χ1n) is 10.1. The molecule has 1 fully saturated rings. The number of amides is 1. The standard InChI is InChI=1S/C20H33N2O6P/c1-5-26-29(24,27-6-2)21-18-14-22(13-12-19(18)28-16(3)4)20(23)25-15-17-10-8-7-9-11-17/h7-11,16,18-19H,5-6,12-15H2,1-4H3,(H,21,24)/t18-,19-/m1/s1. The summed E-state index contributed by atoms with van der Waals surface area (Å²) in [5, 5.41) is 2.98. The number of nitrogens with zero attached hydrogens (tertiary/aromatic N) is 1. The second-order valence-electron chi connectivity index (χ2n) is 7.07. The van der Waals surface area contributed by atoms with Gasteiger partial charge in [-0.2, -0.15) is 0 Å². The van der Waals surface area contributed by atoms with E-state index in [1.165, 1.54) is 0 Å². The van der Waals surface area contributed by atoms with Crippen molar-refractivity contribution >= 4 is 13.8 Å². The highest BCUT2D eigenvalue weighted by Gasteiger charge is 2.38. The number of ether oxygens (including phenoxy) is 2. The van der Waals surface area contributed by atoms with Crippen molar-refractivity contribution in [1.29, 1.82) is 0 Å². The molecule has 0 unspecified atom stereocenters. The number of rotatable bonds is 10. The first-order chi connectivity index (χ1) is 13.9. The number of nitrogens with one attached hydrogen (secondary N) is 1. The fourth-order valence-corrected chi connectivity index (χ4v) is 4.76. The van der Waals surface area contributed by atoms with Crippen molar-refractivity contribution in [3.63, 3.8) is 0 Å². The van der Waals surface area contributed by atoms with Crippen LogP contribution in [0.1, 0.15) is 39.7 Å². The minimum atomic E-state index is -3.50. The number of benzene rings is 1. The molecule has 1 aromatic rings. The van der Waals surface area contributed by atoms with Gasteiger partial charge in [-0.3, -0.25) is 9.05 Å². The molecule has 164 valence electrons. The molecule has 1 aliphatic heterocycles. The Bertz CT molecular complexity index is 662. The maximum Gasteiger partial charge on any atom is 0.410 e. The summed E-state index contributed by atoms with van der Waals surface area (Å²) in [6, 6.07) is 9.12. The number of carbonyl (C=O) groups excluding carboxylic acids is 1. The van der Waals surface area contributed by atoms with Gasteiger partial charge < -0.3 is 14.4 Å². The van der Waals surface area contributed by atoms with E-state index < -0.39 is 19.9 Å². The van der Waals surface area contributed by atoms with E-state index in [9.17, 15) is 9.36 Å². The van der Waals surface area contributed by atoms with Gasteiger partial charge in [0.2, 0.25) is 0 Å². The number of hydrogen-bond donors (Lipinski definition) is 1. The Morgan fingerprint density at radius 1 is 1.21 bits per heavy atom. The molecular weight excluding hydrogens is 395 g/mol. The third-order valence-electron chi connectivity index (χ3n) is 4.38. The molecule has 1 amide bonds. The minimum absolute atomic E-state index is 0.000505. The minimum Gasteiger partial charge on any atom is -0.445 e. The molecule has 1 heterocycles. The highest BCUT2D eigenvalue weighted by Crippen LogP contribution is 2.44. The van der Waals surface area contributed by atoms with Gasteiger partial charge in [-0.1, -0.05) is 30.3 Å². The lowest BCUT2D eigenvalue weighted by Crippen LogP contribution is -2.55. The summed E-state index contributed by atoms with van der Waals surface area (Å²) in [7, 11) is -3.50. The van der Waals surface area contributed by atoms with E-state index in [0.29, 0.717) is 13.0 Å². The van der Waals surface area contributed by atoms with E-state index in [0.717, 1.165) is 5.56 Å². The highest BCUT2D eigenvalue weighted by atomic mass is 31.2. The van der Waals surface area contributed by atoms with Gasteiger partial charge in [0.05, 0.1) is 31.5 Å². The normalized spacial score (nSPS) is 20.1. The topological polar surface area (TPSA) is 86.3 Å². The molecule has 1 aromatic carbocycles. The quantitative estimate of drug-likeness (QED) is 0.565. The fraction of sp³-hybridized carbons (Fsp3) is 0.650. The number of piperidine rings is 1. The molecule has 2 rings (SSSR count). The molecule has 8 nitrogen and oxygen atoms in total. The Labute approximate surface area is 173 Å². The molecule has 0 aromatic heterocycles. The lowest BCUT2D eigenvalue weighted by atomic mass is 10.0. The zero-order valence-corrected chi connectivity index (χ0v) is 18.6. The molecule has 1 saturated heterocycles. The van der Waals surface area contributed by atoms with Crippen molar-refractivity contribution in [3.8, 4) is 0 Å². The van der Waals surface area contributed by atoms with E-state index in [2.05, 4.69) is 5.09 Å². The van der Waals surface area contributed by atoms with Crippen molar-refractivity contribution in [1.82, 2.24) is 9.99 Å². The van der Waals surface area contributed by atoms with E-state index >= 15 is 0 Å². The summed E-state index contributed by atoms with van der Waals surface area (Å²) < 4.78 is 35.1. The molecule has 0 spiro atoms. The summed E-state index contributed by atoms with van der Waals surface area (Å²) in [4.78, 5) is 14.2. The third-order valence-corrected chi connectivity index (χ3v) is 6.23. The third kappa shape index (κ3) is 7.72.